The van der Waals surface area contributed by atoms with Gasteiger partial charge in [-0.1, -0.05) is 49.3 Å². The van der Waals surface area contributed by atoms with Gasteiger partial charge in [0, 0.05) is 65.3 Å². The minimum atomic E-state index is -0.670. The Morgan fingerprint density at radius 3 is 2.73 bits per heavy atom. The zero-order valence-electron chi connectivity index (χ0n) is 29.7. The number of carbonyl (C=O) groups is 3. The van der Waals surface area contributed by atoms with E-state index >= 15 is 4.39 Å². The van der Waals surface area contributed by atoms with Gasteiger partial charge in [0.25, 0.3) is 5.91 Å². The molecule has 2 aliphatic rings. The highest BCUT2D eigenvalue weighted by Crippen LogP contribution is 2.32. The second kappa shape index (κ2) is 15.5. The monoisotopic (exact) mass is 701 g/mol. The molecule has 52 heavy (non-hydrogen) atoms. The summed E-state index contributed by atoms with van der Waals surface area (Å²) in [5.41, 5.74) is 5.14. The Kier molecular flexibility index (Phi) is 10.5. The molecule has 11 heteroatoms. The number of halogens is 1. The fourth-order valence-electron chi connectivity index (χ4n) is 7.51. The number of unbranched alkanes of at least 4 members (excludes halogenated alkanes) is 5. The van der Waals surface area contributed by atoms with Crippen LogP contribution in [0.15, 0.2) is 54.7 Å². The van der Waals surface area contributed by atoms with Gasteiger partial charge in [-0.3, -0.25) is 29.3 Å². The third-order valence-electron chi connectivity index (χ3n) is 10.4. The van der Waals surface area contributed by atoms with Crippen LogP contribution in [0.2, 0.25) is 0 Å². The number of piperidine rings is 1. The van der Waals surface area contributed by atoms with Crippen LogP contribution in [0.4, 0.5) is 10.2 Å². The maximum Gasteiger partial charge on any atom is 0.256 e. The number of hydrogen-bond acceptors (Lipinski definition) is 6. The number of benzene rings is 2. The quantitative estimate of drug-likeness (QED) is 0.0755. The summed E-state index contributed by atoms with van der Waals surface area (Å²) in [4.78, 5) is 47.4. The van der Waals surface area contributed by atoms with Gasteiger partial charge in [-0.15, -0.1) is 0 Å². The molecule has 2 saturated heterocycles. The molecule has 10 nitrogen and oxygen atoms in total. The summed E-state index contributed by atoms with van der Waals surface area (Å²) in [5, 5.41) is 12.1. The number of anilines is 1. The Bertz CT molecular complexity index is 2210. The zero-order valence-corrected chi connectivity index (χ0v) is 29.7. The smallest absolute Gasteiger partial charge is 0.256 e. The minimum Gasteiger partial charge on any atom is -0.357 e. The van der Waals surface area contributed by atoms with Crippen molar-refractivity contribution in [2.24, 2.45) is 0 Å². The van der Waals surface area contributed by atoms with Gasteiger partial charge >= 0.3 is 0 Å². The van der Waals surface area contributed by atoms with E-state index in [1.165, 1.54) is 12.1 Å². The van der Waals surface area contributed by atoms with Gasteiger partial charge in [-0.25, -0.2) is 9.37 Å². The number of likely N-dealkylation sites (tertiary alicyclic amines) is 1. The van der Waals surface area contributed by atoms with Gasteiger partial charge in [-0.05, 0) is 76.9 Å². The zero-order chi connectivity index (χ0) is 36.2. The predicted octanol–water partition coefficient (Wildman–Crippen LogP) is 7.29. The van der Waals surface area contributed by atoms with Crippen molar-refractivity contribution in [2.75, 3.05) is 18.9 Å². The van der Waals surface area contributed by atoms with Crippen molar-refractivity contribution >= 4 is 45.3 Å². The number of hydrogen-bond donors (Lipinski definition) is 3. The molecule has 2 aromatic carbocycles. The molecule has 0 spiro atoms. The molecule has 3 aromatic heterocycles. The average molecular weight is 702 g/mol. The third kappa shape index (κ3) is 7.63. The van der Waals surface area contributed by atoms with Crippen molar-refractivity contribution in [3.05, 3.63) is 88.6 Å². The van der Waals surface area contributed by atoms with Gasteiger partial charge in [0.05, 0.1) is 28.2 Å². The van der Waals surface area contributed by atoms with E-state index in [1.807, 2.05) is 42.1 Å². The van der Waals surface area contributed by atoms with Crippen molar-refractivity contribution in [2.45, 2.75) is 89.6 Å². The fourth-order valence-corrected chi connectivity index (χ4v) is 7.51. The number of H-pyrrole nitrogens is 1. The first kappa shape index (κ1) is 35.1. The van der Waals surface area contributed by atoms with E-state index < -0.39 is 17.6 Å². The van der Waals surface area contributed by atoms with Crippen LogP contribution in [0, 0.1) is 24.6 Å². The largest absolute Gasteiger partial charge is 0.357 e. The Labute approximate surface area is 302 Å². The molecule has 5 aromatic rings. The summed E-state index contributed by atoms with van der Waals surface area (Å²) in [7, 11) is 2.15. The van der Waals surface area contributed by atoms with Crippen molar-refractivity contribution in [3.63, 3.8) is 0 Å². The second-order valence-corrected chi connectivity index (χ2v) is 14.0. The van der Waals surface area contributed by atoms with Crippen LogP contribution in [-0.2, 0) is 16.1 Å². The van der Waals surface area contributed by atoms with Crippen molar-refractivity contribution in [1.82, 2.24) is 30.0 Å². The topological polar surface area (TPSA) is 125 Å². The lowest BCUT2D eigenvalue weighted by Gasteiger charge is -2.21. The molecule has 2 aliphatic heterocycles. The van der Waals surface area contributed by atoms with Crippen LogP contribution in [0.1, 0.15) is 109 Å². The molecular formula is C41H44FN7O3. The Morgan fingerprint density at radius 2 is 1.90 bits per heavy atom. The summed E-state index contributed by atoms with van der Waals surface area (Å²) < 4.78 is 17.1. The molecule has 2 fully saturated rings. The number of nitrogens with zero attached hydrogens (tertiary/aromatic N) is 4. The van der Waals surface area contributed by atoms with Crippen LogP contribution in [0.25, 0.3) is 21.8 Å². The molecule has 0 saturated carbocycles. The molecule has 2 atom stereocenters. The van der Waals surface area contributed by atoms with E-state index in [4.69, 9.17) is 5.10 Å². The molecule has 7 rings (SSSR count). The lowest BCUT2D eigenvalue weighted by molar-refractivity contribution is -0.134. The highest BCUT2D eigenvalue weighted by atomic mass is 19.1. The number of aryl methyl sites for hydroxylation is 2. The number of imide groups is 1. The van der Waals surface area contributed by atoms with Gasteiger partial charge in [0.2, 0.25) is 11.8 Å². The van der Waals surface area contributed by atoms with Crippen molar-refractivity contribution in [3.8, 4) is 11.8 Å². The number of carbonyl (C=O) groups excluding carboxylic acids is 3. The molecule has 3 amide bonds. The van der Waals surface area contributed by atoms with Gasteiger partial charge < -0.3 is 10.3 Å². The Hall–Kier alpha value is -5.34. The third-order valence-corrected chi connectivity index (χ3v) is 10.4. The lowest BCUT2D eigenvalue weighted by Crippen LogP contribution is -2.39. The van der Waals surface area contributed by atoms with E-state index in [0.29, 0.717) is 35.8 Å². The van der Waals surface area contributed by atoms with Crippen molar-refractivity contribution < 1.29 is 18.8 Å². The first-order valence-electron chi connectivity index (χ1n) is 18.3. The Balaban J connectivity index is 0.886. The average Bonchev–Trinajstić information content (AvgIpc) is 3.84. The molecule has 268 valence electrons. The molecule has 3 N–H and O–H groups in total. The fraction of sp³-hybridized carbons (Fsp3) is 0.390. The van der Waals surface area contributed by atoms with E-state index in [0.717, 1.165) is 79.1 Å². The standard InChI is InChI=1S/C41H44FN7O3/c1-26-30-17-16-28(40(51)45-37-24-33-29(25-43-37)22-34(44-33)35-15-11-20-48(35)2)23-36(30)49(47-26)21-9-7-5-3-4-6-8-12-27-13-10-14-31(39(27)42)32-18-19-38(50)46-41(32)52/h10,13-14,16-17,22-25,32,35,44H,3-7,9,11,15,18-21H2,1-2H3,(H,43,45,51)(H,46,50,52)/t32?,35-/m1/s1. The lowest BCUT2D eigenvalue weighted by atomic mass is 9.89. The first-order chi connectivity index (χ1) is 25.2. The number of rotatable bonds is 11. The summed E-state index contributed by atoms with van der Waals surface area (Å²) >= 11 is 0. The maximum atomic E-state index is 15.1. The number of aromatic nitrogens is 4. The number of aromatic amines is 1. The first-order valence-corrected chi connectivity index (χ1v) is 18.3. The predicted molar refractivity (Wildman–Crippen MR) is 199 cm³/mol. The van der Waals surface area contributed by atoms with Gasteiger partial charge in [0.1, 0.15) is 11.6 Å². The highest BCUT2D eigenvalue weighted by Gasteiger charge is 2.30. The summed E-state index contributed by atoms with van der Waals surface area (Å²) in [6, 6.07) is 15.1. The molecule has 5 heterocycles. The molecule has 0 radical (unpaired) electrons. The molecule has 1 unspecified atom stereocenters. The van der Waals surface area contributed by atoms with Crippen LogP contribution < -0.4 is 10.6 Å². The minimum absolute atomic E-state index is 0.203. The maximum absolute atomic E-state index is 15.1. The van der Waals surface area contributed by atoms with Crippen LogP contribution >= 0.6 is 0 Å². The van der Waals surface area contributed by atoms with E-state index in [-0.39, 0.29) is 23.8 Å². The molecule has 0 bridgehead atoms. The van der Waals surface area contributed by atoms with E-state index in [1.54, 1.807) is 18.2 Å². The number of pyridine rings is 1. The van der Waals surface area contributed by atoms with Crippen LogP contribution in [0.5, 0.6) is 0 Å². The summed E-state index contributed by atoms with van der Waals surface area (Å²) in [6.07, 6.45) is 10.2. The summed E-state index contributed by atoms with van der Waals surface area (Å²) in [6.45, 7) is 3.84. The van der Waals surface area contributed by atoms with Gasteiger partial charge in [-0.2, -0.15) is 5.10 Å². The number of amides is 3. The number of fused-ring (bicyclic) bond motifs is 2. The SMILES string of the molecule is Cc1nn(CCCCCCCC#Cc2cccc(C3CCC(=O)NC3=O)c2F)c2cc(C(=O)Nc3cc4[nH]c([C@H]5CCCN5C)cc4cn3)ccc12. The summed E-state index contributed by atoms with van der Waals surface area (Å²) in [5.74, 6) is 4.38. The normalized spacial score (nSPS) is 17.8. The van der Waals surface area contributed by atoms with Gasteiger partial charge in [0.15, 0.2) is 0 Å². The van der Waals surface area contributed by atoms with Crippen LogP contribution in [-0.4, -0.2) is 56.0 Å². The molecule has 0 aliphatic carbocycles. The second-order valence-electron chi connectivity index (χ2n) is 14.0. The number of nitrogens with one attached hydrogen (secondary N) is 3. The highest BCUT2D eigenvalue weighted by molar-refractivity contribution is 6.06. The molecular weight excluding hydrogens is 657 g/mol. The van der Waals surface area contributed by atoms with E-state index in [9.17, 15) is 14.4 Å². The van der Waals surface area contributed by atoms with Crippen molar-refractivity contribution in [1.29, 1.82) is 0 Å². The van der Waals surface area contributed by atoms with E-state index in [2.05, 4.69) is 50.5 Å². The Morgan fingerprint density at radius 1 is 1.06 bits per heavy atom. The van der Waals surface area contributed by atoms with Crippen LogP contribution in [0.3, 0.4) is 0 Å².